The van der Waals surface area contributed by atoms with Gasteiger partial charge in [0.15, 0.2) is 11.5 Å². The van der Waals surface area contributed by atoms with Gasteiger partial charge in [-0.05, 0) is 49.7 Å². The molecule has 6 heteroatoms. The van der Waals surface area contributed by atoms with Gasteiger partial charge in [-0.3, -0.25) is 4.79 Å². The van der Waals surface area contributed by atoms with E-state index in [2.05, 4.69) is 0 Å². The first-order valence-electron chi connectivity index (χ1n) is 8.85. The summed E-state index contributed by atoms with van der Waals surface area (Å²) in [6, 6.07) is 11.2. The van der Waals surface area contributed by atoms with Crippen molar-refractivity contribution in [2.45, 2.75) is 20.4 Å². The van der Waals surface area contributed by atoms with Crippen LogP contribution in [0, 0.1) is 6.92 Å². The second kappa shape index (κ2) is 6.87. The predicted octanol–water partition coefficient (Wildman–Crippen LogP) is 4.14. The van der Waals surface area contributed by atoms with Crippen LogP contribution in [0.15, 0.2) is 40.8 Å². The molecule has 0 N–H and O–H groups in total. The summed E-state index contributed by atoms with van der Waals surface area (Å²) in [4.78, 5) is 15.1. The van der Waals surface area contributed by atoms with E-state index in [1.165, 1.54) is 0 Å². The van der Waals surface area contributed by atoms with Crippen LogP contribution in [0.4, 0.5) is 0 Å². The van der Waals surface area contributed by atoms with Crippen molar-refractivity contribution in [2.75, 3.05) is 20.4 Å². The SMILES string of the molecule is CCN(Cc1ccc2c(c1)OCO2)C(=O)c1c(C)oc2ccc(OC)cc12. The fourth-order valence-electron chi connectivity index (χ4n) is 3.34. The molecule has 6 nitrogen and oxygen atoms in total. The lowest BCUT2D eigenvalue weighted by Crippen LogP contribution is -2.30. The lowest BCUT2D eigenvalue weighted by Gasteiger charge is -2.21. The highest BCUT2D eigenvalue weighted by atomic mass is 16.7. The molecule has 0 saturated carbocycles. The Morgan fingerprint density at radius 3 is 2.74 bits per heavy atom. The standard InChI is InChI=1S/C21H21NO5/c1-4-22(11-14-5-7-18-19(9-14)26-12-25-18)21(23)20-13(2)27-17-8-6-15(24-3)10-16(17)20/h5-10H,4,11-12H2,1-3H3. The summed E-state index contributed by atoms with van der Waals surface area (Å²) >= 11 is 0. The number of aryl methyl sites for hydroxylation is 1. The molecule has 1 aliphatic rings. The quantitative estimate of drug-likeness (QED) is 0.678. The van der Waals surface area contributed by atoms with Crippen molar-refractivity contribution in [1.82, 2.24) is 4.90 Å². The summed E-state index contributed by atoms with van der Waals surface area (Å²) in [5.74, 6) is 2.67. The monoisotopic (exact) mass is 367 g/mol. The minimum Gasteiger partial charge on any atom is -0.497 e. The molecule has 3 aromatic rings. The van der Waals surface area contributed by atoms with E-state index in [1.54, 1.807) is 12.0 Å². The highest BCUT2D eigenvalue weighted by Gasteiger charge is 2.24. The summed E-state index contributed by atoms with van der Waals surface area (Å²) in [7, 11) is 1.60. The van der Waals surface area contributed by atoms with Gasteiger partial charge >= 0.3 is 0 Å². The molecule has 0 saturated heterocycles. The maximum absolute atomic E-state index is 13.3. The van der Waals surface area contributed by atoms with Crippen LogP contribution >= 0.6 is 0 Å². The van der Waals surface area contributed by atoms with Gasteiger partial charge in [-0.1, -0.05) is 6.07 Å². The Bertz CT molecular complexity index is 1010. The number of hydrogen-bond acceptors (Lipinski definition) is 5. The Morgan fingerprint density at radius 1 is 1.15 bits per heavy atom. The van der Waals surface area contributed by atoms with Crippen LogP contribution in [-0.4, -0.2) is 31.3 Å². The van der Waals surface area contributed by atoms with E-state index in [0.717, 1.165) is 16.7 Å². The molecule has 0 radical (unpaired) electrons. The number of rotatable bonds is 5. The zero-order chi connectivity index (χ0) is 19.0. The number of furan rings is 1. The molecule has 1 amide bonds. The van der Waals surface area contributed by atoms with E-state index in [9.17, 15) is 4.79 Å². The molecule has 0 bridgehead atoms. The highest BCUT2D eigenvalue weighted by Crippen LogP contribution is 2.34. The Labute approximate surface area is 157 Å². The van der Waals surface area contributed by atoms with E-state index in [4.69, 9.17) is 18.6 Å². The van der Waals surface area contributed by atoms with Gasteiger partial charge in [0.2, 0.25) is 6.79 Å². The number of fused-ring (bicyclic) bond motifs is 2. The molecule has 1 aromatic heterocycles. The molecule has 1 aliphatic heterocycles. The molecule has 0 fully saturated rings. The number of amides is 1. The largest absolute Gasteiger partial charge is 0.497 e. The van der Waals surface area contributed by atoms with E-state index < -0.39 is 0 Å². The lowest BCUT2D eigenvalue weighted by atomic mass is 10.1. The second-order valence-electron chi connectivity index (χ2n) is 6.40. The van der Waals surface area contributed by atoms with Crippen molar-refractivity contribution in [1.29, 1.82) is 0 Å². The van der Waals surface area contributed by atoms with Crippen molar-refractivity contribution < 1.29 is 23.4 Å². The molecule has 0 spiro atoms. The Kier molecular flexibility index (Phi) is 4.39. The predicted molar refractivity (Wildman–Crippen MR) is 100 cm³/mol. The summed E-state index contributed by atoms with van der Waals surface area (Å²) in [5.41, 5.74) is 2.24. The Hall–Kier alpha value is -3.15. The van der Waals surface area contributed by atoms with Crippen LogP contribution in [0.5, 0.6) is 17.2 Å². The molecular formula is C21H21NO5. The van der Waals surface area contributed by atoms with Crippen LogP contribution in [0.2, 0.25) is 0 Å². The molecule has 4 rings (SSSR count). The van der Waals surface area contributed by atoms with Gasteiger partial charge in [0.05, 0.1) is 12.7 Å². The van der Waals surface area contributed by atoms with Crippen molar-refractivity contribution in [3.05, 3.63) is 53.3 Å². The maximum atomic E-state index is 13.3. The molecule has 2 heterocycles. The molecular weight excluding hydrogens is 346 g/mol. The normalized spacial score (nSPS) is 12.4. The summed E-state index contributed by atoms with van der Waals surface area (Å²) in [6.45, 7) is 5.06. The van der Waals surface area contributed by atoms with Crippen LogP contribution in [0.1, 0.15) is 28.6 Å². The minimum atomic E-state index is -0.0698. The van der Waals surface area contributed by atoms with Crippen molar-refractivity contribution in [3.8, 4) is 17.2 Å². The van der Waals surface area contributed by atoms with Crippen molar-refractivity contribution in [2.24, 2.45) is 0 Å². The first-order valence-corrected chi connectivity index (χ1v) is 8.85. The lowest BCUT2D eigenvalue weighted by molar-refractivity contribution is 0.0752. The topological polar surface area (TPSA) is 61.1 Å². The number of hydrogen-bond donors (Lipinski definition) is 0. The number of nitrogens with zero attached hydrogens (tertiary/aromatic N) is 1. The zero-order valence-electron chi connectivity index (χ0n) is 15.6. The number of carbonyl (C=O) groups excluding carboxylic acids is 1. The molecule has 27 heavy (non-hydrogen) atoms. The first-order chi connectivity index (χ1) is 13.1. The van der Waals surface area contributed by atoms with E-state index in [0.29, 0.717) is 41.5 Å². The van der Waals surface area contributed by atoms with Gasteiger partial charge in [0.1, 0.15) is 17.1 Å². The van der Waals surface area contributed by atoms with Gasteiger partial charge in [-0.25, -0.2) is 0 Å². The number of carbonyl (C=O) groups is 1. The van der Waals surface area contributed by atoms with Gasteiger partial charge < -0.3 is 23.5 Å². The number of ether oxygens (including phenoxy) is 3. The second-order valence-corrected chi connectivity index (χ2v) is 6.40. The average Bonchev–Trinajstić information content (AvgIpc) is 3.27. The third kappa shape index (κ3) is 3.07. The third-order valence-corrected chi connectivity index (χ3v) is 4.76. The van der Waals surface area contributed by atoms with E-state index >= 15 is 0 Å². The fraction of sp³-hybridized carbons (Fsp3) is 0.286. The Morgan fingerprint density at radius 2 is 1.96 bits per heavy atom. The van der Waals surface area contributed by atoms with Gasteiger partial charge in [-0.2, -0.15) is 0 Å². The van der Waals surface area contributed by atoms with E-state index in [1.807, 2.05) is 50.2 Å². The highest BCUT2D eigenvalue weighted by molar-refractivity contribution is 6.07. The van der Waals surface area contributed by atoms with Gasteiger partial charge in [0, 0.05) is 18.5 Å². The first kappa shape index (κ1) is 17.3. The average molecular weight is 367 g/mol. The van der Waals surface area contributed by atoms with Crippen LogP contribution < -0.4 is 14.2 Å². The number of methoxy groups -OCH3 is 1. The third-order valence-electron chi connectivity index (χ3n) is 4.76. The fourth-order valence-corrected chi connectivity index (χ4v) is 3.34. The van der Waals surface area contributed by atoms with Crippen molar-refractivity contribution >= 4 is 16.9 Å². The summed E-state index contributed by atoms with van der Waals surface area (Å²) in [6.07, 6.45) is 0. The molecule has 0 atom stereocenters. The van der Waals surface area contributed by atoms with Crippen molar-refractivity contribution in [3.63, 3.8) is 0 Å². The maximum Gasteiger partial charge on any atom is 0.258 e. The smallest absolute Gasteiger partial charge is 0.258 e. The minimum absolute atomic E-state index is 0.0698. The molecule has 140 valence electrons. The molecule has 2 aromatic carbocycles. The summed E-state index contributed by atoms with van der Waals surface area (Å²) < 4.78 is 21.9. The molecule has 0 aliphatic carbocycles. The van der Waals surface area contributed by atoms with Gasteiger partial charge in [-0.15, -0.1) is 0 Å². The van der Waals surface area contributed by atoms with Gasteiger partial charge in [0.25, 0.3) is 5.91 Å². The van der Waals surface area contributed by atoms with E-state index in [-0.39, 0.29) is 12.7 Å². The van der Waals surface area contributed by atoms with Crippen LogP contribution in [-0.2, 0) is 6.54 Å². The van der Waals surface area contributed by atoms with Crippen LogP contribution in [0.25, 0.3) is 11.0 Å². The summed E-state index contributed by atoms with van der Waals surface area (Å²) in [5, 5.41) is 0.765. The molecule has 0 unspecified atom stereocenters. The Balaban J connectivity index is 1.66. The zero-order valence-corrected chi connectivity index (χ0v) is 15.6. The number of benzene rings is 2. The van der Waals surface area contributed by atoms with Crippen LogP contribution in [0.3, 0.4) is 0 Å².